The first kappa shape index (κ1) is 24.9. The smallest absolute Gasteiger partial charge is 0.102 e. The van der Waals surface area contributed by atoms with Gasteiger partial charge in [-0.15, -0.1) is 0 Å². The van der Waals surface area contributed by atoms with Crippen molar-refractivity contribution in [2.45, 2.75) is 96.8 Å². The van der Waals surface area contributed by atoms with E-state index in [-0.39, 0.29) is 6.61 Å². The second-order valence-corrected chi connectivity index (χ2v) is 8.32. The highest BCUT2D eigenvalue weighted by Gasteiger charge is 2.12. The average Bonchev–Trinajstić information content (AvgIpc) is 2.57. The third-order valence-corrected chi connectivity index (χ3v) is 5.19. The van der Waals surface area contributed by atoms with Crippen LogP contribution < -0.4 is 0 Å². The van der Waals surface area contributed by atoms with Gasteiger partial charge in [-0.05, 0) is 6.42 Å². The summed E-state index contributed by atoms with van der Waals surface area (Å²) in [7, 11) is 4.29. The summed E-state index contributed by atoms with van der Waals surface area (Å²) in [6.45, 7) is 6.05. The van der Waals surface area contributed by atoms with Crippen LogP contribution in [0.25, 0.3) is 0 Å². The highest BCUT2D eigenvalue weighted by molar-refractivity contribution is 4.49. The molecule has 3 nitrogen and oxygen atoms in total. The van der Waals surface area contributed by atoms with Crippen LogP contribution in [0.15, 0.2) is 0 Å². The first-order valence-electron chi connectivity index (χ1n) is 11.1. The molecule has 0 radical (unpaired) electrons. The first-order valence-corrected chi connectivity index (χ1v) is 11.1. The largest absolute Gasteiger partial charge is 0.391 e. The lowest BCUT2D eigenvalue weighted by molar-refractivity contribution is -0.891. The molecule has 0 aromatic rings. The van der Waals surface area contributed by atoms with E-state index in [9.17, 15) is 0 Å². The number of quaternary nitrogens is 1. The number of hydrogen-bond donors (Lipinski definition) is 1. The van der Waals surface area contributed by atoms with Gasteiger partial charge in [-0.1, -0.05) is 90.4 Å². The van der Waals surface area contributed by atoms with Crippen molar-refractivity contribution < 1.29 is 14.3 Å². The Hall–Kier alpha value is -0.120. The van der Waals surface area contributed by atoms with E-state index in [1.807, 2.05) is 0 Å². The number of nitrogens with zero attached hydrogens (tertiary/aromatic N) is 1. The van der Waals surface area contributed by atoms with Gasteiger partial charge in [0, 0.05) is 6.61 Å². The van der Waals surface area contributed by atoms with Gasteiger partial charge in [-0.2, -0.15) is 0 Å². The van der Waals surface area contributed by atoms with Gasteiger partial charge in [-0.25, -0.2) is 0 Å². The van der Waals surface area contributed by atoms with E-state index in [0.717, 1.165) is 30.8 Å². The molecule has 152 valence electrons. The van der Waals surface area contributed by atoms with Crippen LogP contribution in [-0.4, -0.2) is 56.6 Å². The van der Waals surface area contributed by atoms with Crippen molar-refractivity contribution in [2.75, 3.05) is 47.0 Å². The van der Waals surface area contributed by atoms with Crippen molar-refractivity contribution in [2.24, 2.45) is 0 Å². The van der Waals surface area contributed by atoms with Crippen LogP contribution in [0.2, 0.25) is 0 Å². The van der Waals surface area contributed by atoms with Crippen LogP contribution in [0.1, 0.15) is 96.8 Å². The van der Waals surface area contributed by atoms with Gasteiger partial charge in [0.2, 0.25) is 0 Å². The Kier molecular flexibility index (Phi) is 18.6. The fourth-order valence-electron chi connectivity index (χ4n) is 3.19. The highest BCUT2D eigenvalue weighted by Crippen LogP contribution is 2.12. The van der Waals surface area contributed by atoms with Crippen molar-refractivity contribution in [1.82, 2.24) is 0 Å². The maximum atomic E-state index is 8.99. The minimum absolute atomic E-state index is 0.256. The number of hydrogen-bond acceptors (Lipinski definition) is 2. The molecule has 0 heterocycles. The van der Waals surface area contributed by atoms with E-state index in [1.165, 1.54) is 89.9 Å². The number of likely N-dealkylation sites (N-methyl/N-ethyl adjacent to an activating group) is 1. The lowest BCUT2D eigenvalue weighted by Crippen LogP contribution is -2.44. The van der Waals surface area contributed by atoms with Gasteiger partial charge < -0.3 is 14.3 Å². The van der Waals surface area contributed by atoms with E-state index >= 15 is 0 Å². The molecule has 0 amide bonds. The molecular weight excluding hydrogens is 310 g/mol. The van der Waals surface area contributed by atoms with Crippen molar-refractivity contribution >= 4 is 0 Å². The zero-order valence-corrected chi connectivity index (χ0v) is 17.7. The van der Waals surface area contributed by atoms with E-state index < -0.39 is 0 Å². The Morgan fingerprint density at radius 2 is 1.04 bits per heavy atom. The van der Waals surface area contributed by atoms with Crippen LogP contribution in [0.5, 0.6) is 0 Å². The Morgan fingerprint density at radius 3 is 1.48 bits per heavy atom. The van der Waals surface area contributed by atoms with Crippen molar-refractivity contribution in [3.05, 3.63) is 0 Å². The lowest BCUT2D eigenvalue weighted by atomic mass is 10.0. The summed E-state index contributed by atoms with van der Waals surface area (Å²) in [5.41, 5.74) is 0. The molecule has 3 heteroatoms. The first-order chi connectivity index (χ1) is 12.1. The van der Waals surface area contributed by atoms with Crippen LogP contribution in [-0.2, 0) is 4.74 Å². The summed E-state index contributed by atoms with van der Waals surface area (Å²) < 4.78 is 6.57. The molecule has 0 aromatic carbocycles. The Labute approximate surface area is 158 Å². The lowest BCUT2D eigenvalue weighted by Gasteiger charge is -2.28. The predicted octanol–water partition coefficient (Wildman–Crippen LogP) is 5.55. The highest BCUT2D eigenvalue weighted by atomic mass is 16.5. The van der Waals surface area contributed by atoms with Crippen LogP contribution in [0.4, 0.5) is 0 Å². The molecule has 1 N–H and O–H groups in total. The Morgan fingerprint density at radius 1 is 0.600 bits per heavy atom. The third-order valence-electron chi connectivity index (χ3n) is 5.19. The molecule has 0 aliphatic rings. The van der Waals surface area contributed by atoms with Gasteiger partial charge >= 0.3 is 0 Å². The van der Waals surface area contributed by atoms with Crippen molar-refractivity contribution in [3.63, 3.8) is 0 Å². The Balaban J connectivity index is 3.10. The SMILES string of the molecule is CCCCCCCCCCCCCCCCOCC[N+](C)(C)CCO. The van der Waals surface area contributed by atoms with Crippen molar-refractivity contribution in [3.8, 4) is 0 Å². The average molecular weight is 359 g/mol. The summed E-state index contributed by atoms with van der Waals surface area (Å²) in [6, 6.07) is 0. The van der Waals surface area contributed by atoms with E-state index in [1.54, 1.807) is 0 Å². The second-order valence-electron chi connectivity index (χ2n) is 8.32. The summed E-state index contributed by atoms with van der Waals surface area (Å²) in [5.74, 6) is 0. The number of aliphatic hydroxyl groups is 1. The molecule has 0 saturated carbocycles. The molecule has 0 fully saturated rings. The summed E-state index contributed by atoms with van der Waals surface area (Å²) in [6.07, 6.45) is 19.6. The van der Waals surface area contributed by atoms with Gasteiger partial charge in [0.1, 0.15) is 13.1 Å². The number of unbranched alkanes of at least 4 members (excludes halogenated alkanes) is 13. The van der Waals surface area contributed by atoms with Gasteiger partial charge in [0.05, 0.1) is 27.3 Å². The van der Waals surface area contributed by atoms with Crippen LogP contribution in [0.3, 0.4) is 0 Å². The summed E-state index contributed by atoms with van der Waals surface area (Å²) >= 11 is 0. The maximum Gasteiger partial charge on any atom is 0.102 e. The molecule has 0 bridgehead atoms. The standard InChI is InChI=1S/C22H48NO2/c1-4-5-6-7-8-9-10-11-12-13-14-15-16-17-21-25-22-19-23(2,3)18-20-24/h24H,4-22H2,1-3H3/q+1. The summed E-state index contributed by atoms with van der Waals surface area (Å²) in [5, 5.41) is 8.99. The molecule has 0 spiro atoms. The normalized spacial score (nSPS) is 12.0. The molecule has 25 heavy (non-hydrogen) atoms. The molecule has 0 aliphatic heterocycles. The second kappa shape index (κ2) is 18.7. The van der Waals surface area contributed by atoms with Crippen LogP contribution >= 0.6 is 0 Å². The number of ether oxygens (including phenoxy) is 1. The minimum Gasteiger partial charge on any atom is -0.391 e. The van der Waals surface area contributed by atoms with Gasteiger partial charge in [0.25, 0.3) is 0 Å². The third kappa shape index (κ3) is 20.0. The molecule has 0 unspecified atom stereocenters. The van der Waals surface area contributed by atoms with Crippen molar-refractivity contribution in [1.29, 1.82) is 0 Å². The fourth-order valence-corrected chi connectivity index (χ4v) is 3.19. The fraction of sp³-hybridized carbons (Fsp3) is 1.00. The van der Waals surface area contributed by atoms with E-state index in [4.69, 9.17) is 9.84 Å². The molecule has 0 saturated heterocycles. The van der Waals surface area contributed by atoms with E-state index in [0.29, 0.717) is 0 Å². The number of rotatable bonds is 20. The molecule has 0 atom stereocenters. The molecular formula is C22H48NO2+. The zero-order valence-electron chi connectivity index (χ0n) is 17.7. The molecule has 0 aromatic heterocycles. The minimum atomic E-state index is 0.256. The topological polar surface area (TPSA) is 29.5 Å². The molecule has 0 rings (SSSR count). The zero-order chi connectivity index (χ0) is 18.6. The van der Waals surface area contributed by atoms with Gasteiger partial charge in [-0.3, -0.25) is 0 Å². The quantitative estimate of drug-likeness (QED) is 0.228. The van der Waals surface area contributed by atoms with E-state index in [2.05, 4.69) is 21.0 Å². The monoisotopic (exact) mass is 358 g/mol. The number of aliphatic hydroxyl groups excluding tert-OH is 1. The predicted molar refractivity (Wildman–Crippen MR) is 110 cm³/mol. The summed E-state index contributed by atoms with van der Waals surface area (Å²) in [4.78, 5) is 0. The van der Waals surface area contributed by atoms with Crippen LogP contribution in [0, 0.1) is 0 Å². The maximum absolute atomic E-state index is 8.99. The Bertz CT molecular complexity index is 256. The van der Waals surface area contributed by atoms with Gasteiger partial charge in [0.15, 0.2) is 0 Å². The molecule has 0 aliphatic carbocycles.